The number of carbonyl (C=O) groups excluding carboxylic acids is 1. The predicted molar refractivity (Wildman–Crippen MR) is 149 cm³/mol. The van der Waals surface area contributed by atoms with Crippen LogP contribution in [0.1, 0.15) is 80.8 Å². The number of likely N-dealkylation sites (tertiary alicyclic amines) is 1. The molecular formula is C30H39N3O8. The molecule has 2 aromatic rings. The van der Waals surface area contributed by atoms with Crippen molar-refractivity contribution in [1.29, 1.82) is 0 Å². The molecule has 1 saturated heterocycles. The van der Waals surface area contributed by atoms with E-state index in [1.807, 2.05) is 19.1 Å². The lowest BCUT2D eigenvalue weighted by Gasteiger charge is -2.50. The lowest BCUT2D eigenvalue weighted by atomic mass is 9.63. The molecule has 2 aromatic heterocycles. The molecule has 1 aliphatic heterocycles. The van der Waals surface area contributed by atoms with Gasteiger partial charge in [0, 0.05) is 31.4 Å². The second-order valence-corrected chi connectivity index (χ2v) is 11.5. The summed E-state index contributed by atoms with van der Waals surface area (Å²) >= 11 is 0. The second-order valence-electron chi connectivity index (χ2n) is 11.5. The van der Waals surface area contributed by atoms with Crippen LogP contribution in [0.3, 0.4) is 0 Å². The zero-order valence-corrected chi connectivity index (χ0v) is 23.6. The first-order valence-corrected chi connectivity index (χ1v) is 14.3. The van der Waals surface area contributed by atoms with Crippen molar-refractivity contribution in [2.45, 2.75) is 83.7 Å². The molecule has 3 N–H and O–H groups in total. The van der Waals surface area contributed by atoms with Gasteiger partial charge >= 0.3 is 17.9 Å². The van der Waals surface area contributed by atoms with Crippen LogP contribution < -0.4 is 4.90 Å². The van der Waals surface area contributed by atoms with E-state index in [-0.39, 0.29) is 30.2 Å². The highest BCUT2D eigenvalue weighted by atomic mass is 16.4. The Morgan fingerprint density at radius 2 is 1.68 bits per heavy atom. The van der Waals surface area contributed by atoms with Crippen molar-refractivity contribution in [3.8, 4) is 0 Å². The van der Waals surface area contributed by atoms with Gasteiger partial charge in [-0.05, 0) is 81.5 Å². The molecule has 4 rings (SSSR count). The summed E-state index contributed by atoms with van der Waals surface area (Å²) in [4.78, 5) is 57.8. The summed E-state index contributed by atoms with van der Waals surface area (Å²) in [5.74, 6) is -4.99. The summed E-state index contributed by atoms with van der Waals surface area (Å²) in [7, 11) is 0. The lowest BCUT2D eigenvalue weighted by molar-refractivity contribution is -0.177. The highest BCUT2D eigenvalue weighted by Gasteiger charge is 2.56. The van der Waals surface area contributed by atoms with E-state index in [1.165, 1.54) is 6.26 Å². The third-order valence-corrected chi connectivity index (χ3v) is 9.33. The Hall–Kier alpha value is -3.73. The van der Waals surface area contributed by atoms with Gasteiger partial charge in [-0.2, -0.15) is 0 Å². The minimum absolute atomic E-state index is 0.0236. The zero-order chi connectivity index (χ0) is 29.8. The van der Waals surface area contributed by atoms with Gasteiger partial charge in [-0.15, -0.1) is 0 Å². The van der Waals surface area contributed by atoms with Crippen molar-refractivity contribution >= 4 is 29.6 Å². The van der Waals surface area contributed by atoms with Crippen molar-refractivity contribution in [2.24, 2.45) is 10.8 Å². The first-order chi connectivity index (χ1) is 19.5. The molecule has 1 saturated carbocycles. The molecule has 1 atom stereocenters. The first kappa shape index (κ1) is 30.2. The maximum atomic E-state index is 13.5. The molecular weight excluding hydrogens is 530 g/mol. The molecule has 0 bridgehead atoms. The summed E-state index contributed by atoms with van der Waals surface area (Å²) in [5, 5.41) is 29.0. The van der Waals surface area contributed by atoms with Crippen molar-refractivity contribution < 1.29 is 38.9 Å². The quantitative estimate of drug-likeness (QED) is 0.330. The molecule has 222 valence electrons. The average Bonchev–Trinajstić information content (AvgIpc) is 3.50. The third kappa shape index (κ3) is 6.00. The zero-order valence-electron chi connectivity index (χ0n) is 23.6. The van der Waals surface area contributed by atoms with E-state index < -0.39 is 35.2 Å². The molecule has 3 heterocycles. The van der Waals surface area contributed by atoms with Crippen molar-refractivity contribution in [3.05, 3.63) is 48.0 Å². The average molecular weight is 570 g/mol. The van der Waals surface area contributed by atoms with Crippen molar-refractivity contribution in [3.63, 3.8) is 0 Å². The number of amides is 1. The van der Waals surface area contributed by atoms with E-state index >= 15 is 0 Å². The number of pyridine rings is 1. The first-order valence-electron chi connectivity index (χ1n) is 14.3. The fourth-order valence-corrected chi connectivity index (χ4v) is 6.66. The summed E-state index contributed by atoms with van der Waals surface area (Å²) in [6.07, 6.45) is 8.69. The van der Waals surface area contributed by atoms with Crippen LogP contribution in [0.15, 0.2) is 41.1 Å². The molecule has 0 spiro atoms. The fraction of sp³-hybridized carbons (Fsp3) is 0.567. The number of carboxylic acid groups (broad SMARTS) is 3. The number of carboxylic acids is 3. The van der Waals surface area contributed by atoms with Gasteiger partial charge < -0.3 is 19.7 Å². The highest BCUT2D eigenvalue weighted by molar-refractivity contribution is 6.16. The molecule has 2 aliphatic rings. The van der Waals surface area contributed by atoms with Gasteiger partial charge in [0.15, 0.2) is 5.76 Å². The number of furan rings is 1. The maximum Gasteiger partial charge on any atom is 0.332 e. The second kappa shape index (κ2) is 12.4. The Morgan fingerprint density at radius 3 is 2.20 bits per heavy atom. The Kier molecular flexibility index (Phi) is 9.16. The van der Waals surface area contributed by atoms with Gasteiger partial charge in [-0.3, -0.25) is 29.0 Å². The predicted octanol–water partition coefficient (Wildman–Crippen LogP) is 4.45. The summed E-state index contributed by atoms with van der Waals surface area (Å²) in [6.45, 7) is 5.36. The standard InChI is InChI=1S/C30H39N3O8/c1-20-8-9-24(31-19-20)33(25(34)23-7-6-18-41-23)22-10-16-32(17-11-22)21(2)29(12-4-3-5-13-29)14-15-30(26(35)36,27(37)38)28(39)40/h6-9,18-19,21-22H,3-5,10-17H2,1-2H3,(H,35,36)(H,37,38)(H,39,40). The molecule has 11 heteroatoms. The number of aliphatic carboxylic acids is 3. The molecule has 0 radical (unpaired) electrons. The SMILES string of the molecule is Cc1ccc(N(C(=O)c2ccco2)C2CCN(C(C)C3(CCC(C(=O)O)(C(=O)O)C(=O)O)CCCCC3)CC2)nc1. The van der Waals surface area contributed by atoms with Crippen molar-refractivity contribution in [1.82, 2.24) is 9.88 Å². The highest BCUT2D eigenvalue weighted by Crippen LogP contribution is 2.47. The molecule has 1 aliphatic carbocycles. The summed E-state index contributed by atoms with van der Waals surface area (Å²) in [6, 6.07) is 6.92. The molecule has 2 fully saturated rings. The molecule has 1 amide bonds. The number of hydrogen-bond donors (Lipinski definition) is 3. The van der Waals surface area contributed by atoms with Crippen LogP contribution in [0.4, 0.5) is 5.82 Å². The molecule has 11 nitrogen and oxygen atoms in total. The smallest absolute Gasteiger partial charge is 0.332 e. The number of nitrogens with zero attached hydrogens (tertiary/aromatic N) is 3. The monoisotopic (exact) mass is 569 g/mol. The van der Waals surface area contributed by atoms with E-state index in [0.717, 1.165) is 37.7 Å². The number of anilines is 1. The van der Waals surface area contributed by atoms with Crippen LogP contribution in [-0.4, -0.2) is 74.2 Å². The van der Waals surface area contributed by atoms with E-state index in [4.69, 9.17) is 4.42 Å². The van der Waals surface area contributed by atoms with Crippen LogP contribution in [0.5, 0.6) is 0 Å². The number of aryl methyl sites for hydroxylation is 1. The van der Waals surface area contributed by atoms with Crippen LogP contribution in [0.2, 0.25) is 0 Å². The normalized spacial score (nSPS) is 18.9. The third-order valence-electron chi connectivity index (χ3n) is 9.33. The minimum Gasteiger partial charge on any atom is -0.480 e. The van der Waals surface area contributed by atoms with Crippen LogP contribution in [-0.2, 0) is 14.4 Å². The topological polar surface area (TPSA) is 161 Å². The molecule has 1 unspecified atom stereocenters. The van der Waals surface area contributed by atoms with E-state index in [9.17, 15) is 34.5 Å². The Bertz CT molecular complexity index is 1190. The van der Waals surface area contributed by atoms with Gasteiger partial charge in [-0.1, -0.05) is 25.3 Å². The van der Waals surface area contributed by atoms with Gasteiger partial charge in [0.25, 0.3) is 11.3 Å². The number of carbonyl (C=O) groups is 4. The number of rotatable bonds is 11. The van der Waals surface area contributed by atoms with E-state index in [1.54, 1.807) is 23.2 Å². The molecule has 0 aromatic carbocycles. The number of hydrogen-bond acceptors (Lipinski definition) is 7. The lowest BCUT2D eigenvalue weighted by Crippen LogP contribution is -2.55. The number of aromatic nitrogens is 1. The molecule has 41 heavy (non-hydrogen) atoms. The van der Waals surface area contributed by atoms with Gasteiger partial charge in [-0.25, -0.2) is 4.98 Å². The fourth-order valence-electron chi connectivity index (χ4n) is 6.66. The van der Waals surface area contributed by atoms with Crippen LogP contribution in [0, 0.1) is 17.8 Å². The maximum absolute atomic E-state index is 13.5. The van der Waals surface area contributed by atoms with Crippen LogP contribution in [0.25, 0.3) is 0 Å². The minimum atomic E-state index is -2.87. The van der Waals surface area contributed by atoms with E-state index in [0.29, 0.717) is 31.7 Å². The summed E-state index contributed by atoms with van der Waals surface area (Å²) < 4.78 is 5.41. The van der Waals surface area contributed by atoms with Gasteiger partial charge in [0.2, 0.25) is 0 Å². The van der Waals surface area contributed by atoms with E-state index in [2.05, 4.69) is 16.8 Å². The van der Waals surface area contributed by atoms with Crippen molar-refractivity contribution in [2.75, 3.05) is 18.0 Å². The van der Waals surface area contributed by atoms with Crippen LogP contribution >= 0.6 is 0 Å². The Morgan fingerprint density at radius 1 is 1.05 bits per heavy atom. The van der Waals surface area contributed by atoms with Gasteiger partial charge in [0.1, 0.15) is 5.82 Å². The number of piperidine rings is 1. The Labute approximate surface area is 239 Å². The largest absolute Gasteiger partial charge is 0.480 e. The summed E-state index contributed by atoms with van der Waals surface area (Å²) in [5.41, 5.74) is -2.29. The Balaban J connectivity index is 1.52. The van der Waals surface area contributed by atoms with Gasteiger partial charge in [0.05, 0.1) is 6.26 Å².